The van der Waals surface area contributed by atoms with Crippen molar-refractivity contribution in [2.45, 2.75) is 66.2 Å². The topological polar surface area (TPSA) is 24.7 Å². The number of hydrogen-bond acceptors (Lipinski definition) is 2. The SMILES string of the molecule is CC(=Nc1ccc(C(C)(C)C)cc1)C(C)=Nc1ccc(C(C)(C)C)cc1. The number of benzene rings is 2. The van der Waals surface area contributed by atoms with Crippen LogP contribution in [0.4, 0.5) is 11.4 Å². The van der Waals surface area contributed by atoms with Gasteiger partial charge in [0.25, 0.3) is 0 Å². The minimum absolute atomic E-state index is 0.161. The maximum Gasteiger partial charge on any atom is 0.0633 e. The lowest BCUT2D eigenvalue weighted by Gasteiger charge is -2.18. The fourth-order valence-corrected chi connectivity index (χ4v) is 2.62. The maximum atomic E-state index is 4.72. The highest BCUT2D eigenvalue weighted by Crippen LogP contribution is 2.26. The smallest absolute Gasteiger partial charge is 0.0633 e. The largest absolute Gasteiger partial charge is 0.252 e. The highest BCUT2D eigenvalue weighted by atomic mass is 14.8. The van der Waals surface area contributed by atoms with Crippen LogP contribution in [0.5, 0.6) is 0 Å². The van der Waals surface area contributed by atoms with Gasteiger partial charge in [-0.3, -0.25) is 9.98 Å². The predicted octanol–water partition coefficient (Wildman–Crippen LogP) is 7.17. The number of nitrogens with zero attached hydrogens (tertiary/aromatic N) is 2. The van der Waals surface area contributed by atoms with Gasteiger partial charge in [0.2, 0.25) is 0 Å². The van der Waals surface area contributed by atoms with Gasteiger partial charge >= 0.3 is 0 Å². The zero-order valence-electron chi connectivity index (χ0n) is 17.5. The van der Waals surface area contributed by atoms with Gasteiger partial charge in [-0.25, -0.2) is 0 Å². The van der Waals surface area contributed by atoms with Gasteiger partial charge in [-0.15, -0.1) is 0 Å². The summed E-state index contributed by atoms with van der Waals surface area (Å²) in [6.45, 7) is 17.4. The van der Waals surface area contributed by atoms with Gasteiger partial charge < -0.3 is 0 Å². The molecule has 0 aliphatic heterocycles. The fraction of sp³-hybridized carbons (Fsp3) is 0.417. The molecule has 0 atom stereocenters. The van der Waals surface area contributed by atoms with Gasteiger partial charge in [-0.1, -0.05) is 65.8 Å². The highest BCUT2D eigenvalue weighted by molar-refractivity contribution is 6.41. The molecule has 0 aliphatic rings. The molecule has 0 N–H and O–H groups in total. The van der Waals surface area contributed by atoms with Crippen molar-refractivity contribution in [3.8, 4) is 0 Å². The summed E-state index contributed by atoms with van der Waals surface area (Å²) in [5, 5.41) is 0. The lowest BCUT2D eigenvalue weighted by molar-refractivity contribution is 0.590. The van der Waals surface area contributed by atoms with E-state index in [1.165, 1.54) is 11.1 Å². The van der Waals surface area contributed by atoms with Crippen LogP contribution in [0.15, 0.2) is 58.5 Å². The van der Waals surface area contributed by atoms with E-state index in [4.69, 9.17) is 9.98 Å². The third-order valence-electron chi connectivity index (χ3n) is 4.58. The van der Waals surface area contributed by atoms with Crippen LogP contribution in [0.2, 0.25) is 0 Å². The third kappa shape index (κ3) is 5.39. The summed E-state index contributed by atoms with van der Waals surface area (Å²) in [4.78, 5) is 9.44. The fourth-order valence-electron chi connectivity index (χ4n) is 2.62. The van der Waals surface area contributed by atoms with Crippen molar-refractivity contribution < 1.29 is 0 Å². The average molecular weight is 349 g/mol. The first kappa shape index (κ1) is 20.1. The van der Waals surface area contributed by atoms with E-state index >= 15 is 0 Å². The molecule has 2 aromatic rings. The molecule has 2 heteroatoms. The van der Waals surface area contributed by atoms with Crippen LogP contribution < -0.4 is 0 Å². The molecule has 0 spiro atoms. The molecule has 2 rings (SSSR count). The van der Waals surface area contributed by atoms with Crippen molar-refractivity contribution >= 4 is 22.8 Å². The Labute approximate surface area is 159 Å². The zero-order chi connectivity index (χ0) is 19.5. The van der Waals surface area contributed by atoms with Gasteiger partial charge in [0.1, 0.15) is 0 Å². The van der Waals surface area contributed by atoms with E-state index in [2.05, 4.69) is 90.1 Å². The lowest BCUT2D eigenvalue weighted by atomic mass is 9.87. The lowest BCUT2D eigenvalue weighted by Crippen LogP contribution is -2.10. The van der Waals surface area contributed by atoms with E-state index in [-0.39, 0.29) is 10.8 Å². The first-order chi connectivity index (χ1) is 12.0. The molecule has 26 heavy (non-hydrogen) atoms. The summed E-state index contributed by atoms with van der Waals surface area (Å²) < 4.78 is 0. The Morgan fingerprint density at radius 1 is 0.538 bits per heavy atom. The molecule has 0 aliphatic carbocycles. The summed E-state index contributed by atoms with van der Waals surface area (Å²) in [7, 11) is 0. The van der Waals surface area contributed by atoms with Crippen molar-refractivity contribution in [1.82, 2.24) is 0 Å². The highest BCUT2D eigenvalue weighted by Gasteiger charge is 2.13. The number of rotatable bonds is 3. The molecular weight excluding hydrogens is 316 g/mol. The molecule has 0 fully saturated rings. The van der Waals surface area contributed by atoms with Crippen LogP contribution in [0, 0.1) is 0 Å². The van der Waals surface area contributed by atoms with E-state index in [0.29, 0.717) is 0 Å². The van der Waals surface area contributed by atoms with E-state index in [0.717, 1.165) is 22.8 Å². The Balaban J connectivity index is 2.18. The molecule has 2 nitrogen and oxygen atoms in total. The Hall–Kier alpha value is -2.22. The van der Waals surface area contributed by atoms with E-state index in [9.17, 15) is 0 Å². The molecule has 138 valence electrons. The molecular formula is C24H32N2. The Morgan fingerprint density at radius 3 is 1.04 bits per heavy atom. The first-order valence-corrected chi connectivity index (χ1v) is 9.29. The molecule has 0 bridgehead atoms. The summed E-state index contributed by atoms with van der Waals surface area (Å²) in [5.74, 6) is 0. The van der Waals surface area contributed by atoms with Gasteiger partial charge in [0.05, 0.1) is 22.8 Å². The molecule has 0 amide bonds. The minimum Gasteiger partial charge on any atom is -0.252 e. The van der Waals surface area contributed by atoms with Crippen molar-refractivity contribution in [2.24, 2.45) is 9.98 Å². The second-order valence-electron chi connectivity index (χ2n) is 8.99. The van der Waals surface area contributed by atoms with E-state index in [1.807, 2.05) is 13.8 Å². The second kappa shape index (κ2) is 7.57. The molecule has 0 heterocycles. The second-order valence-corrected chi connectivity index (χ2v) is 8.99. The van der Waals surface area contributed by atoms with Crippen LogP contribution >= 0.6 is 0 Å². The Kier molecular flexibility index (Phi) is 5.85. The normalized spacial score (nSPS) is 13.8. The molecule has 2 aromatic carbocycles. The van der Waals surface area contributed by atoms with Crippen molar-refractivity contribution in [1.29, 1.82) is 0 Å². The van der Waals surface area contributed by atoms with Crippen LogP contribution in [0.1, 0.15) is 66.5 Å². The molecule has 0 unspecified atom stereocenters. The van der Waals surface area contributed by atoms with Crippen LogP contribution in [-0.2, 0) is 10.8 Å². The van der Waals surface area contributed by atoms with E-state index in [1.54, 1.807) is 0 Å². The average Bonchev–Trinajstić information content (AvgIpc) is 2.54. The van der Waals surface area contributed by atoms with Crippen LogP contribution in [0.25, 0.3) is 0 Å². The Morgan fingerprint density at radius 2 is 0.808 bits per heavy atom. The predicted molar refractivity (Wildman–Crippen MR) is 116 cm³/mol. The first-order valence-electron chi connectivity index (χ1n) is 9.29. The number of hydrogen-bond donors (Lipinski definition) is 0. The Bertz CT molecular complexity index is 722. The standard InChI is InChI=1S/C24H32N2/c1-17(25-21-13-9-19(10-14-21)23(3,4)5)18(2)26-22-15-11-20(12-16-22)24(6,7)8/h9-16H,1-8H3. The van der Waals surface area contributed by atoms with Gasteiger partial charge in [0.15, 0.2) is 0 Å². The van der Waals surface area contributed by atoms with Gasteiger partial charge in [-0.2, -0.15) is 0 Å². The van der Waals surface area contributed by atoms with E-state index < -0.39 is 0 Å². The van der Waals surface area contributed by atoms with Gasteiger partial charge in [0, 0.05) is 0 Å². The van der Waals surface area contributed by atoms with Crippen LogP contribution in [0.3, 0.4) is 0 Å². The van der Waals surface area contributed by atoms with Crippen molar-refractivity contribution in [3.63, 3.8) is 0 Å². The summed E-state index contributed by atoms with van der Waals surface area (Å²) >= 11 is 0. The summed E-state index contributed by atoms with van der Waals surface area (Å²) in [5.41, 5.74) is 6.77. The number of aliphatic imine (C=N–C) groups is 2. The van der Waals surface area contributed by atoms with Crippen molar-refractivity contribution in [3.05, 3.63) is 59.7 Å². The monoisotopic (exact) mass is 348 g/mol. The minimum atomic E-state index is 0.161. The summed E-state index contributed by atoms with van der Waals surface area (Å²) in [6.07, 6.45) is 0. The molecule has 0 saturated heterocycles. The molecule has 0 saturated carbocycles. The summed E-state index contributed by atoms with van der Waals surface area (Å²) in [6, 6.07) is 16.9. The third-order valence-corrected chi connectivity index (χ3v) is 4.58. The van der Waals surface area contributed by atoms with Gasteiger partial charge in [-0.05, 0) is 60.1 Å². The quantitative estimate of drug-likeness (QED) is 0.525. The van der Waals surface area contributed by atoms with Crippen molar-refractivity contribution in [2.75, 3.05) is 0 Å². The molecule has 0 radical (unpaired) electrons. The van der Waals surface area contributed by atoms with Crippen LogP contribution in [-0.4, -0.2) is 11.4 Å². The zero-order valence-corrected chi connectivity index (χ0v) is 17.5. The maximum absolute atomic E-state index is 4.72. The molecule has 0 aromatic heterocycles.